The van der Waals surface area contributed by atoms with Crippen molar-refractivity contribution in [1.82, 2.24) is 0 Å². The SMILES string of the molecule is NP.O=C1CCCO1. The second-order valence-corrected chi connectivity index (χ2v) is 1.32. The van der Waals surface area contributed by atoms with E-state index in [0.29, 0.717) is 13.0 Å². The van der Waals surface area contributed by atoms with Crippen LogP contribution >= 0.6 is 9.39 Å². The molecule has 0 aromatic carbocycles. The maximum atomic E-state index is 10.0. The zero-order valence-corrected chi connectivity index (χ0v) is 5.75. The van der Waals surface area contributed by atoms with Crippen molar-refractivity contribution in [1.29, 1.82) is 0 Å². The molecule has 1 aliphatic heterocycles. The first-order chi connectivity index (χ1) is 3.89. The monoisotopic (exact) mass is 135 g/mol. The molecule has 0 bridgehead atoms. The zero-order chi connectivity index (χ0) is 6.41. The Bertz CT molecular complexity index is 68.4. The van der Waals surface area contributed by atoms with Crippen molar-refractivity contribution in [2.24, 2.45) is 5.50 Å². The highest BCUT2D eigenvalue weighted by molar-refractivity contribution is 7.13. The van der Waals surface area contributed by atoms with Crippen LogP contribution in [0.25, 0.3) is 0 Å². The maximum absolute atomic E-state index is 10.0. The number of hydrogen-bond donors (Lipinski definition) is 1. The Kier molecular flexibility index (Phi) is 4.92. The van der Waals surface area contributed by atoms with E-state index in [0.717, 1.165) is 6.42 Å². The fourth-order valence-electron chi connectivity index (χ4n) is 0.475. The summed E-state index contributed by atoms with van der Waals surface area (Å²) in [6.45, 7) is 0.638. The molecular formula is C4H10NO2P. The molecule has 0 aliphatic carbocycles. The number of nitrogens with two attached hydrogens (primary N) is 1. The van der Waals surface area contributed by atoms with Crippen molar-refractivity contribution < 1.29 is 9.53 Å². The molecule has 0 amide bonds. The highest BCUT2D eigenvalue weighted by atomic mass is 31.0. The highest BCUT2D eigenvalue weighted by Gasteiger charge is 2.08. The van der Waals surface area contributed by atoms with E-state index < -0.39 is 0 Å². The van der Waals surface area contributed by atoms with Crippen LogP contribution in [0.15, 0.2) is 0 Å². The van der Waals surface area contributed by atoms with Crippen LogP contribution in [0.4, 0.5) is 0 Å². The Morgan fingerprint density at radius 1 is 1.62 bits per heavy atom. The molecule has 1 aliphatic rings. The van der Waals surface area contributed by atoms with Gasteiger partial charge in [0.25, 0.3) is 0 Å². The predicted molar refractivity (Wildman–Crippen MR) is 34.1 cm³/mol. The molecule has 1 fully saturated rings. The molecule has 0 aromatic rings. The Morgan fingerprint density at radius 2 is 2.25 bits per heavy atom. The first kappa shape index (κ1) is 7.86. The average molecular weight is 135 g/mol. The largest absolute Gasteiger partial charge is 0.466 e. The van der Waals surface area contributed by atoms with Gasteiger partial charge < -0.3 is 10.2 Å². The summed E-state index contributed by atoms with van der Waals surface area (Å²) in [5.41, 5.74) is 4.42. The topological polar surface area (TPSA) is 52.3 Å². The number of carbonyl (C=O) groups excluding carboxylic acids is 1. The molecule has 1 unspecified atom stereocenters. The molecule has 1 rings (SSSR count). The number of ether oxygens (including phenoxy) is 1. The molecule has 0 saturated carbocycles. The third-order valence-corrected chi connectivity index (χ3v) is 0.788. The van der Waals surface area contributed by atoms with Gasteiger partial charge in [0.05, 0.1) is 6.61 Å². The van der Waals surface area contributed by atoms with E-state index in [1.165, 1.54) is 0 Å². The summed E-state index contributed by atoms with van der Waals surface area (Å²) < 4.78 is 4.51. The molecule has 48 valence electrons. The fourth-order valence-corrected chi connectivity index (χ4v) is 0.475. The predicted octanol–water partition coefficient (Wildman–Crippen LogP) is 0.0586. The third kappa shape index (κ3) is 2.94. The molecule has 4 heteroatoms. The second kappa shape index (κ2) is 5.01. The number of cyclic esters (lactones) is 1. The molecule has 0 aromatic heterocycles. The average Bonchev–Trinajstić information content (AvgIpc) is 2.24. The smallest absolute Gasteiger partial charge is 0.305 e. The van der Waals surface area contributed by atoms with Crippen LogP contribution in [0.2, 0.25) is 0 Å². The van der Waals surface area contributed by atoms with Crippen LogP contribution in [0.3, 0.4) is 0 Å². The van der Waals surface area contributed by atoms with Gasteiger partial charge in [-0.3, -0.25) is 4.79 Å². The van der Waals surface area contributed by atoms with Crippen LogP contribution in [-0.2, 0) is 9.53 Å². The van der Waals surface area contributed by atoms with Gasteiger partial charge in [0.1, 0.15) is 0 Å². The highest BCUT2D eigenvalue weighted by Crippen LogP contribution is 2.01. The minimum atomic E-state index is -0.0463. The minimum Gasteiger partial charge on any atom is -0.466 e. The van der Waals surface area contributed by atoms with E-state index in [4.69, 9.17) is 0 Å². The normalized spacial score (nSPS) is 16.5. The number of hydrogen-bond acceptors (Lipinski definition) is 3. The van der Waals surface area contributed by atoms with Gasteiger partial charge in [-0.25, -0.2) is 0 Å². The van der Waals surface area contributed by atoms with Crippen LogP contribution in [0.5, 0.6) is 0 Å². The Morgan fingerprint density at radius 3 is 2.38 bits per heavy atom. The number of rotatable bonds is 0. The van der Waals surface area contributed by atoms with Gasteiger partial charge in [-0.2, -0.15) is 0 Å². The first-order valence-electron chi connectivity index (χ1n) is 2.38. The van der Waals surface area contributed by atoms with E-state index >= 15 is 0 Å². The number of esters is 1. The van der Waals surface area contributed by atoms with Crippen molar-refractivity contribution in [3.63, 3.8) is 0 Å². The van der Waals surface area contributed by atoms with Crippen molar-refractivity contribution in [3.05, 3.63) is 0 Å². The van der Waals surface area contributed by atoms with E-state index in [1.54, 1.807) is 0 Å². The molecule has 0 radical (unpaired) electrons. The lowest BCUT2D eigenvalue weighted by atomic mass is 10.4. The van der Waals surface area contributed by atoms with Gasteiger partial charge in [-0.1, -0.05) is 9.39 Å². The Labute approximate surface area is 50.8 Å². The molecule has 0 spiro atoms. The molecule has 3 nitrogen and oxygen atoms in total. The van der Waals surface area contributed by atoms with Crippen LogP contribution in [-0.4, -0.2) is 12.6 Å². The van der Waals surface area contributed by atoms with Gasteiger partial charge in [-0.05, 0) is 6.42 Å². The van der Waals surface area contributed by atoms with Crippen molar-refractivity contribution in [2.75, 3.05) is 6.61 Å². The third-order valence-electron chi connectivity index (χ3n) is 0.788. The lowest BCUT2D eigenvalue weighted by molar-refractivity contribution is -0.137. The summed E-state index contributed by atoms with van der Waals surface area (Å²) >= 11 is 0. The van der Waals surface area contributed by atoms with Crippen LogP contribution < -0.4 is 5.50 Å². The summed E-state index contributed by atoms with van der Waals surface area (Å²) in [5.74, 6) is -0.0463. The van der Waals surface area contributed by atoms with Crippen molar-refractivity contribution in [2.45, 2.75) is 12.8 Å². The number of carbonyl (C=O) groups is 1. The molecule has 8 heavy (non-hydrogen) atoms. The summed E-state index contributed by atoms with van der Waals surface area (Å²) in [6.07, 6.45) is 1.54. The standard InChI is InChI=1S/C4H6O2.H4NP/c5-4-2-1-3-6-4;1-2/h1-3H2;1-2H2. The molecular weight excluding hydrogens is 125 g/mol. The molecule has 1 heterocycles. The second-order valence-electron chi connectivity index (χ2n) is 1.32. The molecule has 2 N–H and O–H groups in total. The lowest BCUT2D eigenvalue weighted by Crippen LogP contribution is -1.88. The summed E-state index contributed by atoms with van der Waals surface area (Å²) in [6, 6.07) is 0. The van der Waals surface area contributed by atoms with E-state index in [2.05, 4.69) is 10.2 Å². The zero-order valence-electron chi connectivity index (χ0n) is 4.59. The Hall–Kier alpha value is -0.140. The van der Waals surface area contributed by atoms with E-state index in [-0.39, 0.29) is 5.97 Å². The van der Waals surface area contributed by atoms with E-state index in [9.17, 15) is 4.79 Å². The Balaban J connectivity index is 0.000000222. The molecule has 1 atom stereocenters. The summed E-state index contributed by atoms with van der Waals surface area (Å²) in [7, 11) is 1.92. The molecule has 1 saturated heterocycles. The van der Waals surface area contributed by atoms with Crippen molar-refractivity contribution >= 4 is 15.4 Å². The van der Waals surface area contributed by atoms with E-state index in [1.807, 2.05) is 9.39 Å². The fraction of sp³-hybridized carbons (Fsp3) is 0.750. The van der Waals surface area contributed by atoms with Gasteiger partial charge >= 0.3 is 5.97 Å². The minimum absolute atomic E-state index is 0.0463. The summed E-state index contributed by atoms with van der Waals surface area (Å²) in [4.78, 5) is 10.0. The maximum Gasteiger partial charge on any atom is 0.305 e. The van der Waals surface area contributed by atoms with Gasteiger partial charge in [0.15, 0.2) is 0 Å². The summed E-state index contributed by atoms with van der Waals surface area (Å²) in [5, 5.41) is 0. The quantitative estimate of drug-likeness (QED) is 0.377. The van der Waals surface area contributed by atoms with Gasteiger partial charge in [0, 0.05) is 6.42 Å². The lowest BCUT2D eigenvalue weighted by Gasteiger charge is -1.81. The van der Waals surface area contributed by atoms with Crippen molar-refractivity contribution in [3.8, 4) is 0 Å². The van der Waals surface area contributed by atoms with Crippen LogP contribution in [0, 0.1) is 0 Å². The van der Waals surface area contributed by atoms with Gasteiger partial charge in [0.2, 0.25) is 0 Å². The van der Waals surface area contributed by atoms with Gasteiger partial charge in [-0.15, -0.1) is 0 Å². The first-order valence-corrected chi connectivity index (χ1v) is 3.05. The van der Waals surface area contributed by atoms with Crippen LogP contribution in [0.1, 0.15) is 12.8 Å².